The zero-order chi connectivity index (χ0) is 26.7. The monoisotopic (exact) mass is 531 g/mol. The molecule has 0 saturated heterocycles. The minimum absolute atomic E-state index is 0.0225. The van der Waals surface area contributed by atoms with E-state index in [-0.39, 0.29) is 41.4 Å². The minimum Gasteiger partial charge on any atom is -0.365 e. The number of fused-ring (bicyclic) bond motifs is 1. The third-order valence-corrected chi connectivity index (χ3v) is 7.08. The van der Waals surface area contributed by atoms with Crippen LogP contribution in [0.3, 0.4) is 0 Å². The molecule has 0 atom stereocenters. The lowest BCUT2D eigenvalue weighted by atomic mass is 10.0. The highest BCUT2D eigenvalue weighted by Crippen LogP contribution is 2.48. The summed E-state index contributed by atoms with van der Waals surface area (Å²) in [5, 5.41) is 4.37. The number of alkyl halides is 3. The fraction of sp³-hybridized carbons (Fsp3) is 0.280. The molecule has 3 aromatic rings. The van der Waals surface area contributed by atoms with Crippen molar-refractivity contribution < 1.29 is 27.2 Å². The number of hydrogen-bond donors (Lipinski definition) is 1. The van der Waals surface area contributed by atoms with Crippen LogP contribution in [0.25, 0.3) is 16.1 Å². The zero-order valence-corrected chi connectivity index (χ0v) is 19.8. The van der Waals surface area contributed by atoms with Crippen molar-refractivity contribution in [1.29, 1.82) is 0 Å². The molecule has 5 rings (SSSR count). The first-order chi connectivity index (χ1) is 17.4. The van der Waals surface area contributed by atoms with Crippen molar-refractivity contribution in [3.63, 3.8) is 0 Å². The standard InChI is InChI=1S/C25H18ClF4N5O2/c1-32-18-5-2-13(8-15(18)25(28,29)30)9-20(36)34-11-19-21(23(31)37)22(14-3-4-17(27)16(26)10-14)33-35(19)12-24(34)6-7-24/h2-5,8,10H,6-7,9,11-12H2,(H2,31,37). The van der Waals surface area contributed by atoms with Gasteiger partial charge in [0.2, 0.25) is 5.91 Å². The van der Waals surface area contributed by atoms with Gasteiger partial charge in [0, 0.05) is 5.56 Å². The van der Waals surface area contributed by atoms with Gasteiger partial charge >= 0.3 is 6.18 Å². The first kappa shape index (κ1) is 24.8. The Hall–Kier alpha value is -3.91. The summed E-state index contributed by atoms with van der Waals surface area (Å²) < 4.78 is 55.5. The van der Waals surface area contributed by atoms with Gasteiger partial charge in [-0.3, -0.25) is 14.3 Å². The molecular weight excluding hydrogens is 514 g/mol. The van der Waals surface area contributed by atoms with Crippen molar-refractivity contribution in [2.45, 2.75) is 44.1 Å². The van der Waals surface area contributed by atoms with Crippen molar-refractivity contribution in [3.8, 4) is 11.3 Å². The Labute approximate surface area is 213 Å². The molecule has 1 spiro atoms. The lowest BCUT2D eigenvalue weighted by Crippen LogP contribution is -2.49. The largest absolute Gasteiger partial charge is 0.407 e. The number of primary amides is 1. The number of amides is 2. The Balaban J connectivity index is 1.49. The van der Waals surface area contributed by atoms with E-state index in [1.54, 1.807) is 9.58 Å². The highest BCUT2D eigenvalue weighted by atomic mass is 35.5. The van der Waals surface area contributed by atoms with Crippen LogP contribution in [0.4, 0.5) is 23.2 Å². The Bertz CT molecular complexity index is 1500. The summed E-state index contributed by atoms with van der Waals surface area (Å²) in [6.45, 7) is 7.23. The van der Waals surface area contributed by atoms with Crippen LogP contribution in [0.2, 0.25) is 5.02 Å². The highest BCUT2D eigenvalue weighted by molar-refractivity contribution is 6.31. The average molecular weight is 532 g/mol. The molecule has 1 fully saturated rings. The van der Waals surface area contributed by atoms with Crippen molar-refractivity contribution in [2.75, 3.05) is 0 Å². The van der Waals surface area contributed by atoms with Gasteiger partial charge in [0.25, 0.3) is 5.91 Å². The number of carbonyl (C=O) groups excluding carboxylic acids is 2. The molecule has 37 heavy (non-hydrogen) atoms. The van der Waals surface area contributed by atoms with Crippen LogP contribution in [0, 0.1) is 12.4 Å². The molecule has 0 radical (unpaired) electrons. The second kappa shape index (κ2) is 8.59. The first-order valence-electron chi connectivity index (χ1n) is 11.2. The fourth-order valence-corrected chi connectivity index (χ4v) is 4.97. The molecule has 0 unspecified atom stereocenters. The summed E-state index contributed by atoms with van der Waals surface area (Å²) in [5.41, 5.74) is 4.62. The van der Waals surface area contributed by atoms with E-state index < -0.39 is 40.6 Å². The average Bonchev–Trinajstić information content (AvgIpc) is 3.49. The summed E-state index contributed by atoms with van der Waals surface area (Å²) in [6, 6.07) is 7.11. The van der Waals surface area contributed by atoms with Gasteiger partial charge in [0.15, 0.2) is 5.69 Å². The Morgan fingerprint density at radius 3 is 2.51 bits per heavy atom. The summed E-state index contributed by atoms with van der Waals surface area (Å²) in [7, 11) is 0. The molecule has 1 aromatic heterocycles. The number of halogens is 5. The first-order valence-corrected chi connectivity index (χ1v) is 11.5. The number of aromatic nitrogens is 2. The Morgan fingerprint density at radius 2 is 1.92 bits per heavy atom. The van der Waals surface area contributed by atoms with E-state index in [0.29, 0.717) is 24.1 Å². The maximum atomic E-state index is 13.7. The maximum absolute atomic E-state index is 13.7. The number of rotatable bonds is 4. The van der Waals surface area contributed by atoms with Gasteiger partial charge in [-0.2, -0.15) is 18.3 Å². The smallest absolute Gasteiger partial charge is 0.365 e. The Morgan fingerprint density at radius 1 is 1.19 bits per heavy atom. The molecule has 2 N–H and O–H groups in total. The summed E-state index contributed by atoms with van der Waals surface area (Å²) >= 11 is 5.91. The van der Waals surface area contributed by atoms with Crippen molar-refractivity contribution in [3.05, 3.63) is 81.0 Å². The third-order valence-electron chi connectivity index (χ3n) is 6.79. The third kappa shape index (κ3) is 4.31. The van der Waals surface area contributed by atoms with Gasteiger partial charge in [0.1, 0.15) is 11.5 Å². The molecule has 12 heteroatoms. The minimum atomic E-state index is -4.73. The number of nitrogens with two attached hydrogens (primary N) is 1. The van der Waals surface area contributed by atoms with E-state index in [9.17, 15) is 27.2 Å². The van der Waals surface area contributed by atoms with Gasteiger partial charge in [-0.1, -0.05) is 29.8 Å². The zero-order valence-electron chi connectivity index (χ0n) is 19.1. The van der Waals surface area contributed by atoms with Crippen LogP contribution in [0.5, 0.6) is 0 Å². The van der Waals surface area contributed by atoms with E-state index >= 15 is 0 Å². The van der Waals surface area contributed by atoms with E-state index in [0.717, 1.165) is 18.2 Å². The molecule has 190 valence electrons. The molecule has 1 saturated carbocycles. The van der Waals surface area contributed by atoms with Gasteiger partial charge in [0.05, 0.1) is 53.5 Å². The lowest BCUT2D eigenvalue weighted by Gasteiger charge is -2.37. The molecule has 1 aliphatic carbocycles. The van der Waals surface area contributed by atoms with Crippen LogP contribution >= 0.6 is 11.6 Å². The number of hydrogen-bond acceptors (Lipinski definition) is 3. The predicted octanol–water partition coefficient (Wildman–Crippen LogP) is 5.13. The molecule has 2 aliphatic rings. The van der Waals surface area contributed by atoms with Crippen LogP contribution in [0.1, 0.15) is 40.0 Å². The van der Waals surface area contributed by atoms with Gasteiger partial charge in [-0.05, 0) is 36.6 Å². The van der Waals surface area contributed by atoms with E-state index in [1.165, 1.54) is 18.2 Å². The molecule has 7 nitrogen and oxygen atoms in total. The van der Waals surface area contributed by atoms with Gasteiger partial charge in [-0.25, -0.2) is 9.24 Å². The number of carbonyl (C=O) groups is 2. The van der Waals surface area contributed by atoms with Crippen LogP contribution < -0.4 is 5.73 Å². The maximum Gasteiger partial charge on any atom is 0.407 e. The van der Waals surface area contributed by atoms with Crippen molar-refractivity contribution >= 4 is 29.1 Å². The summed E-state index contributed by atoms with van der Waals surface area (Å²) in [4.78, 5) is 30.3. The molecular formula is C25H18ClF4N5O2. The van der Waals surface area contributed by atoms with Crippen LogP contribution in [0.15, 0.2) is 36.4 Å². The van der Waals surface area contributed by atoms with Gasteiger partial charge in [-0.15, -0.1) is 0 Å². The summed E-state index contributed by atoms with van der Waals surface area (Å²) in [5.74, 6) is -1.85. The summed E-state index contributed by atoms with van der Waals surface area (Å²) in [6.07, 6.45) is -3.73. The molecule has 2 amide bonds. The number of benzene rings is 2. The molecule has 0 bridgehead atoms. The predicted molar refractivity (Wildman–Crippen MR) is 125 cm³/mol. The molecule has 2 heterocycles. The Kier molecular flexibility index (Phi) is 5.75. The van der Waals surface area contributed by atoms with Crippen LogP contribution in [-0.2, 0) is 30.5 Å². The fourth-order valence-electron chi connectivity index (χ4n) is 4.79. The second-order valence-corrected chi connectivity index (χ2v) is 9.57. The van der Waals surface area contributed by atoms with E-state index in [1.807, 2.05) is 0 Å². The lowest BCUT2D eigenvalue weighted by molar-refractivity contribution is -0.138. The van der Waals surface area contributed by atoms with E-state index in [4.69, 9.17) is 23.9 Å². The van der Waals surface area contributed by atoms with E-state index in [2.05, 4.69) is 9.94 Å². The molecule has 2 aromatic carbocycles. The quantitative estimate of drug-likeness (QED) is 0.374. The highest BCUT2D eigenvalue weighted by Gasteiger charge is 2.54. The van der Waals surface area contributed by atoms with Gasteiger partial charge < -0.3 is 10.6 Å². The normalized spacial score (nSPS) is 15.8. The van der Waals surface area contributed by atoms with Crippen molar-refractivity contribution in [1.82, 2.24) is 14.7 Å². The molecule has 1 aliphatic heterocycles. The second-order valence-electron chi connectivity index (χ2n) is 9.16. The SMILES string of the molecule is [C-]#[N+]c1ccc(CC(=O)N2Cc3c(C(N)=O)c(-c4ccc(F)c(Cl)c4)nn3CC23CC3)cc1C(F)(F)F. The van der Waals surface area contributed by atoms with Crippen LogP contribution in [-0.4, -0.2) is 32.0 Å². The number of nitrogens with zero attached hydrogens (tertiary/aromatic N) is 4. The topological polar surface area (TPSA) is 85.6 Å². The van der Waals surface area contributed by atoms with Crippen molar-refractivity contribution in [2.24, 2.45) is 5.73 Å².